The number of amides is 1. The summed E-state index contributed by atoms with van der Waals surface area (Å²) < 4.78 is 7.59. The number of furan rings is 1. The first-order chi connectivity index (χ1) is 22.0. The van der Waals surface area contributed by atoms with E-state index in [1.165, 1.54) is 37.9 Å². The van der Waals surface area contributed by atoms with Crippen LogP contribution in [0.4, 0.5) is 0 Å². The van der Waals surface area contributed by atoms with E-state index in [-0.39, 0.29) is 17.0 Å². The number of hydrogen-bond acceptors (Lipinski definition) is 8. The fraction of sp³-hybridized carbons (Fsp3) is 0.324. The van der Waals surface area contributed by atoms with Crippen LogP contribution >= 0.6 is 11.8 Å². The number of carbonyl (C=O) groups excluding carboxylic acids is 1. The molecule has 0 radical (unpaired) electrons. The molecule has 0 spiro atoms. The molecule has 1 fully saturated rings. The number of aryl methyl sites for hydroxylation is 1. The Morgan fingerprint density at radius 2 is 1.96 bits per heavy atom. The van der Waals surface area contributed by atoms with Crippen LogP contribution in [0.3, 0.4) is 0 Å². The van der Waals surface area contributed by atoms with Gasteiger partial charge in [0.05, 0.1) is 29.8 Å². The normalized spacial score (nSPS) is 14.4. The van der Waals surface area contributed by atoms with Crippen molar-refractivity contribution in [3.63, 3.8) is 0 Å². The van der Waals surface area contributed by atoms with Gasteiger partial charge in [-0.1, -0.05) is 54.6 Å². The first-order valence-electron chi connectivity index (χ1n) is 15.3. The second-order valence-electron chi connectivity index (χ2n) is 11.3. The van der Waals surface area contributed by atoms with Crippen LogP contribution in [-0.2, 0) is 24.3 Å². The Labute approximate surface area is 264 Å². The van der Waals surface area contributed by atoms with Gasteiger partial charge in [0, 0.05) is 60.9 Å². The minimum absolute atomic E-state index is 0.0498. The lowest BCUT2D eigenvalue weighted by molar-refractivity contribution is -0.132. The molecule has 10 nitrogen and oxygen atoms in total. The predicted octanol–water partition coefficient (Wildman–Crippen LogP) is 4.77. The van der Waals surface area contributed by atoms with Gasteiger partial charge in [0.15, 0.2) is 5.16 Å². The molecule has 232 valence electrons. The molecule has 3 aromatic heterocycles. The van der Waals surface area contributed by atoms with Gasteiger partial charge >= 0.3 is 0 Å². The van der Waals surface area contributed by atoms with Gasteiger partial charge in [0.2, 0.25) is 5.91 Å². The summed E-state index contributed by atoms with van der Waals surface area (Å²) in [6, 6.07) is 19.2. The number of nitrogens with zero attached hydrogens (tertiary/aromatic N) is 4. The second kappa shape index (κ2) is 14.1. The fourth-order valence-corrected chi connectivity index (χ4v) is 6.78. The molecule has 11 heteroatoms. The maximum Gasteiger partial charge on any atom is 0.264 e. The third kappa shape index (κ3) is 7.26. The average Bonchev–Trinajstić information content (AvgIpc) is 3.43. The number of hydrogen-bond donors (Lipinski definition) is 2. The molecular formula is C34H36N6O4S. The highest BCUT2D eigenvalue weighted by Crippen LogP contribution is 2.36. The molecule has 2 aliphatic rings. The quantitative estimate of drug-likeness (QED) is 0.187. The predicted molar refractivity (Wildman–Crippen MR) is 175 cm³/mol. The molecule has 2 aromatic carbocycles. The SMILES string of the molecule is Cc1cc2cccc(CNCCC(=O)N3CCc4nc(SC5CCC5)n(-c5ccccc5)c(=O)c4C3)c2o1.O=c1ccnc[nH]1. The van der Waals surface area contributed by atoms with E-state index in [1.54, 1.807) is 21.2 Å². The van der Waals surface area contributed by atoms with Crippen molar-refractivity contribution >= 4 is 28.6 Å². The van der Waals surface area contributed by atoms with Crippen molar-refractivity contribution in [1.82, 2.24) is 29.7 Å². The molecule has 5 aromatic rings. The summed E-state index contributed by atoms with van der Waals surface area (Å²) in [6.45, 7) is 4.04. The largest absolute Gasteiger partial charge is 0.461 e. The first kappa shape index (κ1) is 30.5. The minimum atomic E-state index is -0.116. The van der Waals surface area contributed by atoms with E-state index in [0.29, 0.717) is 49.8 Å². The van der Waals surface area contributed by atoms with Gasteiger partial charge in [-0.15, -0.1) is 0 Å². The van der Waals surface area contributed by atoms with E-state index < -0.39 is 0 Å². The van der Waals surface area contributed by atoms with E-state index in [0.717, 1.165) is 38.8 Å². The molecule has 2 N–H and O–H groups in total. The van der Waals surface area contributed by atoms with Crippen LogP contribution in [0.15, 0.2) is 92.4 Å². The van der Waals surface area contributed by atoms with Crippen molar-refractivity contribution in [1.29, 1.82) is 0 Å². The molecule has 4 heterocycles. The minimum Gasteiger partial charge on any atom is -0.461 e. The molecular weight excluding hydrogens is 588 g/mol. The Morgan fingerprint density at radius 3 is 2.67 bits per heavy atom. The number of nitrogens with one attached hydrogen (secondary N) is 2. The fourth-order valence-electron chi connectivity index (χ4n) is 5.46. The maximum atomic E-state index is 13.8. The highest BCUT2D eigenvalue weighted by Gasteiger charge is 2.28. The van der Waals surface area contributed by atoms with Crippen LogP contribution in [0.2, 0.25) is 0 Å². The Hall–Kier alpha value is -4.48. The van der Waals surface area contributed by atoms with Crippen LogP contribution in [0.1, 0.15) is 48.3 Å². The summed E-state index contributed by atoms with van der Waals surface area (Å²) >= 11 is 1.72. The summed E-state index contributed by atoms with van der Waals surface area (Å²) in [5.74, 6) is 0.941. The van der Waals surface area contributed by atoms with Gasteiger partial charge in [-0.2, -0.15) is 0 Å². The number of rotatable bonds is 8. The summed E-state index contributed by atoms with van der Waals surface area (Å²) in [7, 11) is 0. The number of thioether (sulfide) groups is 1. The summed E-state index contributed by atoms with van der Waals surface area (Å²) in [4.78, 5) is 49.8. The van der Waals surface area contributed by atoms with Crippen LogP contribution in [-0.4, -0.2) is 48.7 Å². The van der Waals surface area contributed by atoms with E-state index in [1.807, 2.05) is 61.5 Å². The highest BCUT2D eigenvalue weighted by molar-refractivity contribution is 7.99. The summed E-state index contributed by atoms with van der Waals surface area (Å²) in [5, 5.41) is 5.77. The van der Waals surface area contributed by atoms with Gasteiger partial charge in [-0.3, -0.25) is 19.0 Å². The molecule has 0 saturated heterocycles. The Morgan fingerprint density at radius 1 is 1.11 bits per heavy atom. The zero-order chi connectivity index (χ0) is 31.2. The molecule has 1 aliphatic carbocycles. The van der Waals surface area contributed by atoms with E-state index in [2.05, 4.69) is 15.3 Å². The zero-order valence-electron chi connectivity index (χ0n) is 25.2. The van der Waals surface area contributed by atoms with Gasteiger partial charge in [0.25, 0.3) is 11.1 Å². The Balaban J connectivity index is 0.000000452. The smallest absolute Gasteiger partial charge is 0.264 e. The van der Waals surface area contributed by atoms with Gasteiger partial charge in [-0.05, 0) is 38.0 Å². The van der Waals surface area contributed by atoms with E-state index in [4.69, 9.17) is 9.40 Å². The molecule has 0 atom stereocenters. The molecule has 0 unspecified atom stereocenters. The topological polar surface area (TPSA) is 126 Å². The monoisotopic (exact) mass is 624 g/mol. The molecule has 0 bridgehead atoms. The third-order valence-electron chi connectivity index (χ3n) is 8.06. The van der Waals surface area contributed by atoms with E-state index in [9.17, 15) is 14.4 Å². The van der Waals surface area contributed by atoms with Gasteiger partial charge < -0.3 is 19.6 Å². The first-order valence-corrected chi connectivity index (χ1v) is 16.2. The van der Waals surface area contributed by atoms with Crippen molar-refractivity contribution in [2.45, 2.75) is 62.5 Å². The average molecular weight is 625 g/mol. The number of H-pyrrole nitrogens is 1. The number of carbonyl (C=O) groups is 1. The van der Waals surface area contributed by atoms with Crippen LogP contribution in [0, 0.1) is 6.92 Å². The summed E-state index contributed by atoms with van der Waals surface area (Å²) in [5.41, 5.74) is 4.11. The van der Waals surface area contributed by atoms with Crippen LogP contribution in [0.5, 0.6) is 0 Å². The standard InChI is InChI=1S/C30H32N4O3S.C4H4N2O/c1-20-17-21-7-5-8-22(28(21)37-20)18-31-15-13-27(35)33-16-14-26-25(19-33)29(36)34(23-9-3-2-4-10-23)30(32-26)38-24-11-6-12-24;7-4-1-2-5-3-6-4/h2-5,7-10,17,24,31H,6,11-16,18-19H2,1H3;1-3H,(H,5,6,7). The van der Waals surface area contributed by atoms with Crippen molar-refractivity contribution in [3.05, 3.63) is 116 Å². The van der Waals surface area contributed by atoms with Crippen molar-refractivity contribution in [2.24, 2.45) is 0 Å². The van der Waals surface area contributed by atoms with Gasteiger partial charge in [-0.25, -0.2) is 9.97 Å². The second-order valence-corrected chi connectivity index (χ2v) is 12.5. The number of benzene rings is 2. The summed E-state index contributed by atoms with van der Waals surface area (Å²) in [6.07, 6.45) is 7.34. The zero-order valence-corrected chi connectivity index (χ0v) is 26.0. The van der Waals surface area contributed by atoms with Crippen molar-refractivity contribution in [2.75, 3.05) is 13.1 Å². The maximum absolute atomic E-state index is 13.8. The van der Waals surface area contributed by atoms with Crippen molar-refractivity contribution < 1.29 is 9.21 Å². The van der Waals surface area contributed by atoms with Crippen molar-refractivity contribution in [3.8, 4) is 5.69 Å². The molecule has 45 heavy (non-hydrogen) atoms. The lowest BCUT2D eigenvalue weighted by atomic mass is 10.0. The molecule has 1 amide bonds. The molecule has 1 aliphatic heterocycles. The molecule has 1 saturated carbocycles. The van der Waals surface area contributed by atoms with E-state index >= 15 is 0 Å². The highest BCUT2D eigenvalue weighted by atomic mass is 32.2. The number of fused-ring (bicyclic) bond motifs is 2. The Bertz CT molecular complexity index is 1880. The van der Waals surface area contributed by atoms with Crippen LogP contribution < -0.4 is 16.4 Å². The number of aromatic nitrogens is 4. The third-order valence-corrected chi connectivity index (χ3v) is 9.35. The Kier molecular flexibility index (Phi) is 9.56. The lowest BCUT2D eigenvalue weighted by Crippen LogP contribution is -2.42. The van der Waals surface area contributed by atoms with Gasteiger partial charge in [0.1, 0.15) is 11.3 Å². The lowest BCUT2D eigenvalue weighted by Gasteiger charge is -2.30. The number of para-hydroxylation sites is 2. The van der Waals surface area contributed by atoms with Crippen LogP contribution in [0.25, 0.3) is 16.7 Å². The number of aromatic amines is 1. The molecule has 7 rings (SSSR count).